The Hall–Kier alpha value is -4.91. The lowest BCUT2D eigenvalue weighted by Crippen LogP contribution is -2.49. The molecule has 1 amide bonds. The van der Waals surface area contributed by atoms with Crippen molar-refractivity contribution in [3.05, 3.63) is 66.2 Å². The van der Waals surface area contributed by atoms with Crippen molar-refractivity contribution < 1.29 is 9.53 Å². The van der Waals surface area contributed by atoms with E-state index in [1.54, 1.807) is 30.9 Å². The van der Waals surface area contributed by atoms with Gasteiger partial charge in [0.1, 0.15) is 5.82 Å². The molecule has 6 heterocycles. The van der Waals surface area contributed by atoms with Gasteiger partial charge >= 0.3 is 0 Å². The Morgan fingerprint density at radius 3 is 2.19 bits per heavy atom. The zero-order valence-electron chi connectivity index (χ0n) is 23.1. The lowest BCUT2D eigenvalue weighted by Gasteiger charge is -2.34. The third-order valence-corrected chi connectivity index (χ3v) is 7.88. The first-order valence-corrected chi connectivity index (χ1v) is 14.1. The predicted octanol–water partition coefficient (Wildman–Crippen LogP) is 1.80. The molecule has 214 valence electrons. The van der Waals surface area contributed by atoms with Crippen LogP contribution in [0.25, 0.3) is 11.3 Å². The molecule has 0 unspecified atom stereocenters. The predicted molar refractivity (Wildman–Crippen MR) is 158 cm³/mol. The average Bonchev–Trinajstić information content (AvgIpc) is 3.49. The molecule has 3 aliphatic rings. The van der Waals surface area contributed by atoms with Crippen LogP contribution in [0.15, 0.2) is 55.1 Å². The highest BCUT2D eigenvalue weighted by molar-refractivity contribution is 5.95. The van der Waals surface area contributed by atoms with Crippen LogP contribution in [0, 0.1) is 0 Å². The number of fused-ring (bicyclic) bond motifs is 1. The number of nitrogen functional groups attached to an aromatic ring is 1. The van der Waals surface area contributed by atoms with Crippen LogP contribution >= 0.6 is 0 Å². The molecule has 13 nitrogen and oxygen atoms in total. The van der Waals surface area contributed by atoms with Gasteiger partial charge in [-0.05, 0) is 36.8 Å². The van der Waals surface area contributed by atoms with E-state index < -0.39 is 0 Å². The Balaban J connectivity index is 1.12. The second-order valence-corrected chi connectivity index (χ2v) is 10.4. The number of ether oxygens (including phenoxy) is 1. The lowest BCUT2D eigenvalue weighted by molar-refractivity contribution is 0.0746. The number of hydrogen-bond acceptors (Lipinski definition) is 12. The van der Waals surface area contributed by atoms with Gasteiger partial charge in [0.2, 0.25) is 17.8 Å². The molecule has 0 atom stereocenters. The maximum atomic E-state index is 13.3. The van der Waals surface area contributed by atoms with Crippen LogP contribution in [-0.4, -0.2) is 99.7 Å². The van der Waals surface area contributed by atoms with Crippen LogP contribution in [0.1, 0.15) is 15.9 Å². The number of hydrogen-bond donors (Lipinski definition) is 1. The molecular weight excluding hydrogens is 534 g/mol. The Kier molecular flexibility index (Phi) is 6.92. The standard InChI is InChI=1S/C29H31N11O2/c30-27-33-18-21(19-34-27)24-23-6-9-40(25(23)36-29(35-24)39-14-16-42-17-15-39)22-4-2-20(3-5-22)26(41)37-10-12-38(13-11-37)28-31-7-1-8-32-28/h1-5,7-8,18-19H,6,9-17H2,(H2,30,33,34). The number of anilines is 5. The Morgan fingerprint density at radius 2 is 1.48 bits per heavy atom. The summed E-state index contributed by atoms with van der Waals surface area (Å²) < 4.78 is 5.55. The van der Waals surface area contributed by atoms with E-state index >= 15 is 0 Å². The molecule has 2 fully saturated rings. The highest BCUT2D eigenvalue weighted by atomic mass is 16.5. The largest absolute Gasteiger partial charge is 0.378 e. The van der Waals surface area contributed by atoms with E-state index in [-0.39, 0.29) is 11.9 Å². The number of rotatable bonds is 5. The molecular formula is C29H31N11O2. The third-order valence-electron chi connectivity index (χ3n) is 7.88. The summed E-state index contributed by atoms with van der Waals surface area (Å²) in [7, 11) is 0. The van der Waals surface area contributed by atoms with Gasteiger partial charge in [-0.1, -0.05) is 0 Å². The molecule has 4 aromatic rings. The topological polar surface area (TPSA) is 143 Å². The van der Waals surface area contributed by atoms with Gasteiger partial charge in [0.15, 0.2) is 0 Å². The summed E-state index contributed by atoms with van der Waals surface area (Å²) in [6.07, 6.45) is 7.67. The average molecular weight is 566 g/mol. The minimum atomic E-state index is 0.0274. The number of carbonyl (C=O) groups is 1. The molecule has 3 aliphatic heterocycles. The van der Waals surface area contributed by atoms with Crippen molar-refractivity contribution >= 4 is 35.3 Å². The van der Waals surface area contributed by atoms with E-state index in [9.17, 15) is 4.79 Å². The van der Waals surface area contributed by atoms with E-state index in [0.29, 0.717) is 56.9 Å². The molecule has 3 aromatic heterocycles. The van der Waals surface area contributed by atoms with Gasteiger partial charge in [-0.25, -0.2) is 24.9 Å². The fourth-order valence-corrected chi connectivity index (χ4v) is 5.63. The fourth-order valence-electron chi connectivity index (χ4n) is 5.63. The number of morpholine rings is 1. The van der Waals surface area contributed by atoms with E-state index in [1.807, 2.05) is 29.2 Å². The number of piperazine rings is 1. The molecule has 0 saturated carbocycles. The Bertz CT molecular complexity index is 1550. The minimum Gasteiger partial charge on any atom is -0.378 e. The van der Waals surface area contributed by atoms with Crippen LogP contribution in [0.5, 0.6) is 0 Å². The lowest BCUT2D eigenvalue weighted by atomic mass is 10.1. The van der Waals surface area contributed by atoms with E-state index in [1.165, 1.54) is 0 Å². The molecule has 0 aliphatic carbocycles. The molecule has 2 saturated heterocycles. The minimum absolute atomic E-state index is 0.0274. The summed E-state index contributed by atoms with van der Waals surface area (Å²) in [4.78, 5) is 48.7. The van der Waals surface area contributed by atoms with Gasteiger partial charge in [-0.2, -0.15) is 4.98 Å². The summed E-state index contributed by atoms with van der Waals surface area (Å²) >= 11 is 0. The normalized spacial score (nSPS) is 17.0. The van der Waals surface area contributed by atoms with Crippen LogP contribution in [0.4, 0.5) is 29.4 Å². The van der Waals surface area contributed by atoms with E-state index in [4.69, 9.17) is 20.4 Å². The van der Waals surface area contributed by atoms with Crippen molar-refractivity contribution in [1.82, 2.24) is 34.8 Å². The summed E-state index contributed by atoms with van der Waals surface area (Å²) in [6, 6.07) is 9.61. The first-order chi connectivity index (χ1) is 20.6. The van der Waals surface area contributed by atoms with Crippen LogP contribution in [0.2, 0.25) is 0 Å². The van der Waals surface area contributed by atoms with Crippen molar-refractivity contribution in [2.24, 2.45) is 0 Å². The van der Waals surface area contributed by atoms with Crippen molar-refractivity contribution in [3.63, 3.8) is 0 Å². The molecule has 0 spiro atoms. The second-order valence-electron chi connectivity index (χ2n) is 10.4. The quantitative estimate of drug-likeness (QED) is 0.377. The van der Waals surface area contributed by atoms with Gasteiger partial charge < -0.3 is 30.1 Å². The molecule has 0 bridgehead atoms. The summed E-state index contributed by atoms with van der Waals surface area (Å²) in [5.74, 6) is 2.47. The fraction of sp³-hybridized carbons (Fsp3) is 0.345. The second kappa shape index (κ2) is 11.2. The molecule has 1 aromatic carbocycles. The van der Waals surface area contributed by atoms with Crippen molar-refractivity contribution in [2.75, 3.05) is 79.5 Å². The maximum absolute atomic E-state index is 13.3. The van der Waals surface area contributed by atoms with Crippen LogP contribution < -0.4 is 20.4 Å². The summed E-state index contributed by atoms with van der Waals surface area (Å²) in [5.41, 5.74) is 10.1. The van der Waals surface area contributed by atoms with Gasteiger partial charge in [-0.15, -0.1) is 0 Å². The third kappa shape index (κ3) is 5.02. The van der Waals surface area contributed by atoms with Gasteiger partial charge in [0, 0.05) is 93.0 Å². The van der Waals surface area contributed by atoms with Crippen LogP contribution in [-0.2, 0) is 11.2 Å². The SMILES string of the molecule is Nc1ncc(-c2nc(N3CCOCC3)nc3c2CCN3c2ccc(C(=O)N3CCN(c4ncccn4)CC3)cc2)cn1. The smallest absolute Gasteiger partial charge is 0.253 e. The van der Waals surface area contributed by atoms with Crippen LogP contribution in [0.3, 0.4) is 0 Å². The Morgan fingerprint density at radius 1 is 0.786 bits per heavy atom. The summed E-state index contributed by atoms with van der Waals surface area (Å²) in [5, 5.41) is 0. The molecule has 42 heavy (non-hydrogen) atoms. The van der Waals surface area contributed by atoms with Gasteiger partial charge in [-0.3, -0.25) is 4.79 Å². The molecule has 7 rings (SSSR count). The molecule has 2 N–H and O–H groups in total. The maximum Gasteiger partial charge on any atom is 0.253 e. The van der Waals surface area contributed by atoms with Crippen molar-refractivity contribution in [3.8, 4) is 11.3 Å². The number of aromatic nitrogens is 6. The zero-order valence-corrected chi connectivity index (χ0v) is 23.1. The van der Waals surface area contributed by atoms with Gasteiger partial charge in [0.25, 0.3) is 5.91 Å². The monoisotopic (exact) mass is 565 g/mol. The number of amides is 1. The highest BCUT2D eigenvalue weighted by Crippen LogP contribution is 2.39. The van der Waals surface area contributed by atoms with Gasteiger partial charge in [0.05, 0.1) is 18.9 Å². The number of nitrogens with two attached hydrogens (primary N) is 1. The summed E-state index contributed by atoms with van der Waals surface area (Å²) in [6.45, 7) is 6.10. The number of benzene rings is 1. The van der Waals surface area contributed by atoms with Crippen molar-refractivity contribution in [1.29, 1.82) is 0 Å². The molecule has 13 heteroatoms. The van der Waals surface area contributed by atoms with E-state index in [2.05, 4.69) is 34.6 Å². The first kappa shape index (κ1) is 26.0. The zero-order chi connectivity index (χ0) is 28.5. The molecule has 0 radical (unpaired) electrons. The number of carbonyl (C=O) groups excluding carboxylic acids is 1. The first-order valence-electron chi connectivity index (χ1n) is 14.1. The van der Waals surface area contributed by atoms with E-state index in [0.717, 1.165) is 54.4 Å². The van der Waals surface area contributed by atoms with Crippen molar-refractivity contribution in [2.45, 2.75) is 6.42 Å². The highest BCUT2D eigenvalue weighted by Gasteiger charge is 2.30. The Labute approximate surface area is 243 Å². The number of nitrogens with zero attached hydrogens (tertiary/aromatic N) is 10.